The smallest absolute Gasteiger partial charge is 0.0745 e. The van der Waals surface area contributed by atoms with E-state index in [1.54, 1.807) is 11.1 Å². The number of hydrogen-bond donors (Lipinski definition) is 1. The molecule has 2 heterocycles. The van der Waals surface area contributed by atoms with Crippen molar-refractivity contribution in [1.82, 2.24) is 0 Å². The van der Waals surface area contributed by atoms with Crippen LogP contribution in [0.1, 0.15) is 43.2 Å². The third kappa shape index (κ3) is 2.82. The van der Waals surface area contributed by atoms with Crippen molar-refractivity contribution in [3.8, 4) is 0 Å². The van der Waals surface area contributed by atoms with Gasteiger partial charge in [0.05, 0.1) is 5.60 Å². The van der Waals surface area contributed by atoms with Crippen LogP contribution in [0, 0.1) is 0 Å². The van der Waals surface area contributed by atoms with E-state index in [9.17, 15) is 0 Å². The Hall–Kier alpha value is -1.06. The van der Waals surface area contributed by atoms with Gasteiger partial charge >= 0.3 is 0 Å². The molecule has 114 valence electrons. The van der Waals surface area contributed by atoms with Crippen molar-refractivity contribution in [2.75, 3.05) is 25.1 Å². The van der Waals surface area contributed by atoms with Gasteiger partial charge in [0.2, 0.25) is 0 Å². The van der Waals surface area contributed by atoms with Gasteiger partial charge in [-0.05, 0) is 68.2 Å². The molecule has 2 fully saturated rings. The first-order chi connectivity index (χ1) is 10.3. The zero-order valence-electron chi connectivity index (χ0n) is 12.7. The number of anilines is 1. The molecule has 3 nitrogen and oxygen atoms in total. The minimum Gasteiger partial charge on any atom is -0.382 e. The molecule has 21 heavy (non-hydrogen) atoms. The van der Waals surface area contributed by atoms with Crippen LogP contribution in [0.2, 0.25) is 0 Å². The maximum atomic E-state index is 6.13. The summed E-state index contributed by atoms with van der Waals surface area (Å²) in [6.45, 7) is 2.58. The van der Waals surface area contributed by atoms with E-state index in [-0.39, 0.29) is 5.60 Å². The molecule has 1 N–H and O–H groups in total. The Kier molecular flexibility index (Phi) is 3.64. The van der Waals surface area contributed by atoms with E-state index in [0.717, 1.165) is 45.5 Å². The Morgan fingerprint density at radius 1 is 1.05 bits per heavy atom. The molecule has 1 spiro atoms. The van der Waals surface area contributed by atoms with E-state index in [1.165, 1.54) is 24.9 Å². The number of ether oxygens (including phenoxy) is 2. The normalized spacial score (nSPS) is 27.5. The highest BCUT2D eigenvalue weighted by Crippen LogP contribution is 2.35. The summed E-state index contributed by atoms with van der Waals surface area (Å²) in [7, 11) is 0. The third-order valence-electron chi connectivity index (χ3n) is 5.37. The first-order valence-electron chi connectivity index (χ1n) is 8.43. The molecule has 0 bridgehead atoms. The molecular weight excluding hydrogens is 262 g/mol. The lowest BCUT2D eigenvalue weighted by Crippen LogP contribution is -2.47. The van der Waals surface area contributed by atoms with Gasteiger partial charge in [-0.3, -0.25) is 0 Å². The molecule has 1 aromatic carbocycles. The van der Waals surface area contributed by atoms with Crippen LogP contribution in [0.25, 0.3) is 0 Å². The standard InChI is InChI=1S/C18H25NO2/c1-2-14-4-5-16(12-15(14)3-1)19-17-6-9-21-18(13-17)7-10-20-11-8-18/h4-5,12,17,19H,1-3,6-11,13H2. The second-order valence-corrected chi connectivity index (χ2v) is 6.81. The molecular formula is C18H25NO2. The number of nitrogens with one attached hydrogen (secondary N) is 1. The maximum absolute atomic E-state index is 6.13. The first kappa shape index (κ1) is 13.6. The average molecular weight is 287 g/mol. The van der Waals surface area contributed by atoms with E-state index in [0.29, 0.717) is 6.04 Å². The largest absolute Gasteiger partial charge is 0.382 e. The van der Waals surface area contributed by atoms with E-state index in [2.05, 4.69) is 23.5 Å². The molecule has 1 atom stereocenters. The van der Waals surface area contributed by atoms with Crippen molar-refractivity contribution in [3.63, 3.8) is 0 Å². The number of fused-ring (bicyclic) bond motifs is 1. The van der Waals surface area contributed by atoms with Crippen LogP contribution in [-0.2, 0) is 22.3 Å². The van der Waals surface area contributed by atoms with Crippen LogP contribution >= 0.6 is 0 Å². The van der Waals surface area contributed by atoms with Gasteiger partial charge in [0, 0.05) is 31.5 Å². The molecule has 1 unspecified atom stereocenters. The van der Waals surface area contributed by atoms with Crippen LogP contribution in [0.5, 0.6) is 0 Å². The number of hydrogen-bond acceptors (Lipinski definition) is 3. The zero-order chi connectivity index (χ0) is 14.1. The minimum absolute atomic E-state index is 0.0743. The van der Waals surface area contributed by atoms with Crippen LogP contribution in [0.4, 0.5) is 5.69 Å². The summed E-state index contributed by atoms with van der Waals surface area (Å²) in [5.41, 5.74) is 4.47. The molecule has 0 saturated carbocycles. The number of benzene rings is 1. The summed E-state index contributed by atoms with van der Waals surface area (Å²) < 4.78 is 11.6. The predicted octanol–water partition coefficient (Wildman–Crippen LogP) is 3.32. The quantitative estimate of drug-likeness (QED) is 0.905. The van der Waals surface area contributed by atoms with Gasteiger partial charge in [0.25, 0.3) is 0 Å². The second-order valence-electron chi connectivity index (χ2n) is 6.81. The van der Waals surface area contributed by atoms with Gasteiger partial charge in [-0.2, -0.15) is 0 Å². The van der Waals surface area contributed by atoms with E-state index >= 15 is 0 Å². The summed E-state index contributed by atoms with van der Waals surface area (Å²) in [6, 6.07) is 7.48. The van der Waals surface area contributed by atoms with Gasteiger partial charge in [-0.15, -0.1) is 0 Å². The fourth-order valence-corrected chi connectivity index (χ4v) is 4.14. The average Bonchev–Trinajstić information content (AvgIpc) is 2.96. The fraction of sp³-hybridized carbons (Fsp3) is 0.667. The summed E-state index contributed by atoms with van der Waals surface area (Å²) in [6.07, 6.45) is 8.16. The molecule has 0 aromatic heterocycles. The van der Waals surface area contributed by atoms with Crippen molar-refractivity contribution in [2.45, 2.75) is 56.6 Å². The zero-order valence-corrected chi connectivity index (χ0v) is 12.7. The first-order valence-corrected chi connectivity index (χ1v) is 8.43. The molecule has 3 heteroatoms. The van der Waals surface area contributed by atoms with Crippen LogP contribution in [0.15, 0.2) is 18.2 Å². The maximum Gasteiger partial charge on any atom is 0.0745 e. The van der Waals surface area contributed by atoms with Crippen LogP contribution < -0.4 is 5.32 Å². The lowest BCUT2D eigenvalue weighted by atomic mass is 9.84. The molecule has 2 aliphatic heterocycles. The Bertz CT molecular complexity index is 502. The number of rotatable bonds is 2. The molecule has 1 aromatic rings. The predicted molar refractivity (Wildman–Crippen MR) is 83.8 cm³/mol. The second kappa shape index (κ2) is 5.62. The molecule has 1 aliphatic carbocycles. The van der Waals surface area contributed by atoms with E-state index in [4.69, 9.17) is 9.47 Å². The SMILES string of the molecule is c1cc2c(cc1NC1CCOC3(CCOCC3)C1)CCC2. The molecule has 0 amide bonds. The van der Waals surface area contributed by atoms with Gasteiger partial charge < -0.3 is 14.8 Å². The highest BCUT2D eigenvalue weighted by Gasteiger charge is 2.39. The van der Waals surface area contributed by atoms with Crippen molar-refractivity contribution < 1.29 is 9.47 Å². The Labute approximate surface area is 127 Å². The van der Waals surface area contributed by atoms with Crippen molar-refractivity contribution >= 4 is 5.69 Å². The summed E-state index contributed by atoms with van der Waals surface area (Å²) >= 11 is 0. The summed E-state index contributed by atoms with van der Waals surface area (Å²) in [5.74, 6) is 0. The minimum atomic E-state index is 0.0743. The van der Waals surface area contributed by atoms with Crippen molar-refractivity contribution in [1.29, 1.82) is 0 Å². The number of aryl methyl sites for hydroxylation is 2. The van der Waals surface area contributed by atoms with Gasteiger partial charge in [-0.25, -0.2) is 0 Å². The lowest BCUT2D eigenvalue weighted by molar-refractivity contribution is -0.135. The molecule has 4 rings (SSSR count). The summed E-state index contributed by atoms with van der Waals surface area (Å²) in [4.78, 5) is 0. The van der Waals surface area contributed by atoms with E-state index in [1.807, 2.05) is 0 Å². The highest BCUT2D eigenvalue weighted by atomic mass is 16.5. The van der Waals surface area contributed by atoms with Crippen LogP contribution in [0.3, 0.4) is 0 Å². The fourth-order valence-electron chi connectivity index (χ4n) is 4.14. The molecule has 2 saturated heterocycles. The Morgan fingerprint density at radius 2 is 1.90 bits per heavy atom. The highest BCUT2D eigenvalue weighted by molar-refractivity contribution is 5.50. The third-order valence-corrected chi connectivity index (χ3v) is 5.37. The van der Waals surface area contributed by atoms with Crippen molar-refractivity contribution in [3.05, 3.63) is 29.3 Å². The molecule has 0 radical (unpaired) electrons. The Balaban J connectivity index is 1.44. The van der Waals surface area contributed by atoms with Gasteiger partial charge in [-0.1, -0.05) is 6.07 Å². The van der Waals surface area contributed by atoms with Gasteiger partial charge in [0.1, 0.15) is 0 Å². The topological polar surface area (TPSA) is 30.5 Å². The van der Waals surface area contributed by atoms with Crippen molar-refractivity contribution in [2.24, 2.45) is 0 Å². The lowest BCUT2D eigenvalue weighted by Gasteiger charge is -2.43. The summed E-state index contributed by atoms with van der Waals surface area (Å²) in [5, 5.41) is 3.76. The Morgan fingerprint density at radius 3 is 2.81 bits per heavy atom. The van der Waals surface area contributed by atoms with Gasteiger partial charge in [0.15, 0.2) is 0 Å². The van der Waals surface area contributed by atoms with Crippen LogP contribution in [-0.4, -0.2) is 31.5 Å². The van der Waals surface area contributed by atoms with E-state index < -0.39 is 0 Å². The molecule has 3 aliphatic rings. The monoisotopic (exact) mass is 287 g/mol.